The highest BCUT2D eigenvalue weighted by Crippen LogP contribution is 2.27. The molecule has 0 saturated heterocycles. The van der Waals surface area contributed by atoms with Gasteiger partial charge in [0.2, 0.25) is 0 Å². The van der Waals surface area contributed by atoms with Crippen LogP contribution in [0.1, 0.15) is 11.5 Å². The van der Waals surface area contributed by atoms with Gasteiger partial charge in [-0.2, -0.15) is 0 Å². The first-order chi connectivity index (χ1) is 11.4. The minimum absolute atomic E-state index is 0.318. The number of thioether (sulfide) groups is 1. The van der Waals surface area contributed by atoms with E-state index in [-0.39, 0.29) is 11.2 Å². The molecule has 0 unspecified atom stereocenters. The first-order valence-electron chi connectivity index (χ1n) is 7.22. The zero-order valence-electron chi connectivity index (χ0n) is 13.8. The van der Waals surface area contributed by atoms with E-state index in [9.17, 15) is 9.59 Å². The highest BCUT2D eigenvalue weighted by atomic mass is 32.2. The third kappa shape index (κ3) is 2.71. The second-order valence-electron chi connectivity index (χ2n) is 5.42. The molecule has 0 aliphatic rings. The van der Waals surface area contributed by atoms with Gasteiger partial charge in [0.05, 0.1) is 11.8 Å². The van der Waals surface area contributed by atoms with E-state index in [1.54, 1.807) is 13.3 Å². The van der Waals surface area contributed by atoms with Gasteiger partial charge in [-0.1, -0.05) is 11.8 Å². The molecule has 3 aromatic rings. The van der Waals surface area contributed by atoms with Crippen molar-refractivity contribution in [1.29, 1.82) is 0 Å². The summed E-state index contributed by atoms with van der Waals surface area (Å²) < 4.78 is 9.71. The van der Waals surface area contributed by atoms with Crippen molar-refractivity contribution in [2.24, 2.45) is 21.1 Å². The Morgan fingerprint density at radius 2 is 1.88 bits per heavy atom. The van der Waals surface area contributed by atoms with E-state index in [0.717, 1.165) is 15.9 Å². The summed E-state index contributed by atoms with van der Waals surface area (Å²) in [7, 11) is 4.98. The van der Waals surface area contributed by atoms with E-state index in [0.29, 0.717) is 22.4 Å². The van der Waals surface area contributed by atoms with Crippen LogP contribution in [0, 0.1) is 6.92 Å². The Balaban J connectivity index is 1.87. The van der Waals surface area contributed by atoms with E-state index in [1.165, 1.54) is 29.4 Å². The molecular weight excluding hydrogens is 330 g/mol. The van der Waals surface area contributed by atoms with Gasteiger partial charge in [0, 0.05) is 38.7 Å². The summed E-state index contributed by atoms with van der Waals surface area (Å²) in [6.07, 6.45) is 1.61. The summed E-state index contributed by atoms with van der Waals surface area (Å²) in [6, 6.07) is 3.31. The molecule has 0 saturated carbocycles. The standard InChI is InChI=1S/C15H17N5O3S/c1-9-11(5-6-23-9)13-16-17-14(20(13)4)24-8-10-7-12(21)19(3)15(22)18(10)2/h5-7H,8H2,1-4H3. The van der Waals surface area contributed by atoms with Crippen LogP contribution in [-0.2, 0) is 26.9 Å². The molecule has 0 radical (unpaired) electrons. The second-order valence-corrected chi connectivity index (χ2v) is 6.36. The predicted octanol–water partition coefficient (Wildman–Crippen LogP) is 1.07. The topological polar surface area (TPSA) is 87.9 Å². The van der Waals surface area contributed by atoms with E-state index in [4.69, 9.17) is 4.42 Å². The van der Waals surface area contributed by atoms with Crippen LogP contribution in [0.5, 0.6) is 0 Å². The summed E-state index contributed by atoms with van der Waals surface area (Å²) in [6.45, 7) is 1.87. The Labute approximate surface area is 141 Å². The fraction of sp³-hybridized carbons (Fsp3) is 0.333. The van der Waals surface area contributed by atoms with Gasteiger partial charge < -0.3 is 8.98 Å². The van der Waals surface area contributed by atoms with Gasteiger partial charge in [0.25, 0.3) is 5.56 Å². The number of nitrogens with zero attached hydrogens (tertiary/aromatic N) is 5. The molecule has 0 spiro atoms. The van der Waals surface area contributed by atoms with Gasteiger partial charge in [0.1, 0.15) is 5.76 Å². The maximum absolute atomic E-state index is 12.0. The Bertz CT molecular complexity index is 1010. The lowest BCUT2D eigenvalue weighted by molar-refractivity contribution is 0.534. The van der Waals surface area contributed by atoms with Crippen LogP contribution in [-0.4, -0.2) is 23.9 Å². The lowest BCUT2D eigenvalue weighted by Crippen LogP contribution is -2.37. The highest BCUT2D eigenvalue weighted by molar-refractivity contribution is 7.98. The molecule has 0 aliphatic heterocycles. The SMILES string of the molecule is Cc1occc1-c1nnc(SCc2cc(=O)n(C)c(=O)n2C)n1C. The average Bonchev–Trinajstić information content (AvgIpc) is 3.13. The lowest BCUT2D eigenvalue weighted by Gasteiger charge is -2.09. The molecule has 0 fully saturated rings. The van der Waals surface area contributed by atoms with Crippen molar-refractivity contribution in [3.05, 3.63) is 50.7 Å². The van der Waals surface area contributed by atoms with Crippen molar-refractivity contribution in [2.75, 3.05) is 0 Å². The van der Waals surface area contributed by atoms with Gasteiger partial charge in [-0.3, -0.25) is 13.9 Å². The van der Waals surface area contributed by atoms with Crippen molar-refractivity contribution >= 4 is 11.8 Å². The Morgan fingerprint density at radius 3 is 2.54 bits per heavy atom. The average molecular weight is 347 g/mol. The van der Waals surface area contributed by atoms with Crippen LogP contribution in [0.4, 0.5) is 0 Å². The number of hydrogen-bond acceptors (Lipinski definition) is 6. The van der Waals surface area contributed by atoms with Crippen molar-refractivity contribution in [3.63, 3.8) is 0 Å². The van der Waals surface area contributed by atoms with Gasteiger partial charge in [0.15, 0.2) is 11.0 Å². The Morgan fingerprint density at radius 1 is 1.12 bits per heavy atom. The molecule has 8 nitrogen and oxygen atoms in total. The zero-order chi connectivity index (χ0) is 17.4. The summed E-state index contributed by atoms with van der Waals surface area (Å²) in [4.78, 5) is 23.7. The summed E-state index contributed by atoms with van der Waals surface area (Å²) >= 11 is 1.41. The van der Waals surface area contributed by atoms with Crippen LogP contribution < -0.4 is 11.2 Å². The molecule has 3 heterocycles. The quantitative estimate of drug-likeness (QED) is 0.656. The Kier molecular flexibility index (Phi) is 4.18. The van der Waals surface area contributed by atoms with E-state index >= 15 is 0 Å². The number of rotatable bonds is 4. The largest absolute Gasteiger partial charge is 0.469 e. The van der Waals surface area contributed by atoms with E-state index in [1.807, 2.05) is 24.6 Å². The fourth-order valence-corrected chi connectivity index (χ4v) is 3.28. The van der Waals surface area contributed by atoms with Crippen LogP contribution >= 0.6 is 11.8 Å². The molecule has 3 aromatic heterocycles. The van der Waals surface area contributed by atoms with Crippen molar-refractivity contribution in [1.82, 2.24) is 23.9 Å². The summed E-state index contributed by atoms with van der Waals surface area (Å²) in [5, 5.41) is 9.08. The molecule has 0 aliphatic carbocycles. The zero-order valence-corrected chi connectivity index (χ0v) is 14.6. The van der Waals surface area contributed by atoms with Crippen molar-refractivity contribution in [2.45, 2.75) is 17.8 Å². The maximum Gasteiger partial charge on any atom is 0.330 e. The molecule has 9 heteroatoms. The van der Waals surface area contributed by atoms with E-state index in [2.05, 4.69) is 10.2 Å². The smallest absolute Gasteiger partial charge is 0.330 e. The maximum atomic E-state index is 12.0. The molecule has 0 N–H and O–H groups in total. The second kappa shape index (κ2) is 6.16. The van der Waals surface area contributed by atoms with Crippen LogP contribution in [0.25, 0.3) is 11.4 Å². The number of furan rings is 1. The minimum Gasteiger partial charge on any atom is -0.469 e. The minimum atomic E-state index is -0.342. The van der Waals surface area contributed by atoms with Crippen LogP contribution in [0.15, 0.2) is 37.6 Å². The molecule has 0 atom stereocenters. The molecular formula is C15H17N5O3S. The molecule has 0 bridgehead atoms. The monoisotopic (exact) mass is 347 g/mol. The van der Waals surface area contributed by atoms with Gasteiger partial charge in [-0.25, -0.2) is 4.79 Å². The van der Waals surface area contributed by atoms with Crippen LogP contribution in [0.2, 0.25) is 0 Å². The van der Waals surface area contributed by atoms with Gasteiger partial charge in [-0.05, 0) is 13.0 Å². The number of aryl methyl sites for hydroxylation is 1. The lowest BCUT2D eigenvalue weighted by atomic mass is 10.2. The van der Waals surface area contributed by atoms with Crippen molar-refractivity contribution < 1.29 is 4.42 Å². The first-order valence-corrected chi connectivity index (χ1v) is 8.21. The van der Waals surface area contributed by atoms with Gasteiger partial charge >= 0.3 is 5.69 Å². The third-order valence-corrected chi connectivity index (χ3v) is 4.96. The molecule has 126 valence electrons. The number of hydrogen-bond donors (Lipinski definition) is 0. The van der Waals surface area contributed by atoms with E-state index < -0.39 is 0 Å². The Hall–Kier alpha value is -2.55. The summed E-state index contributed by atoms with van der Waals surface area (Å²) in [5.41, 5.74) is 0.863. The third-order valence-electron chi connectivity index (χ3n) is 3.91. The number of aromatic nitrogens is 5. The molecule has 24 heavy (non-hydrogen) atoms. The normalized spacial score (nSPS) is 11.2. The van der Waals surface area contributed by atoms with Crippen LogP contribution in [0.3, 0.4) is 0 Å². The van der Waals surface area contributed by atoms with Crippen molar-refractivity contribution in [3.8, 4) is 11.4 Å². The predicted molar refractivity (Wildman–Crippen MR) is 89.9 cm³/mol. The van der Waals surface area contributed by atoms with Gasteiger partial charge in [-0.15, -0.1) is 10.2 Å². The molecule has 0 aromatic carbocycles. The first kappa shape index (κ1) is 16.3. The molecule has 3 rings (SSSR count). The molecule has 0 amide bonds. The highest BCUT2D eigenvalue weighted by Gasteiger charge is 2.15. The summed E-state index contributed by atoms with van der Waals surface area (Å²) in [5.74, 6) is 1.93. The fourth-order valence-electron chi connectivity index (χ4n) is 2.35.